The number of ether oxygens (including phenoxy) is 1. The van der Waals surface area contributed by atoms with Crippen LogP contribution in [0.2, 0.25) is 0 Å². The van der Waals surface area contributed by atoms with Crippen LogP contribution in [-0.2, 0) is 22.5 Å². The van der Waals surface area contributed by atoms with Gasteiger partial charge in [0, 0.05) is 18.9 Å². The van der Waals surface area contributed by atoms with E-state index in [0.29, 0.717) is 11.3 Å². The molecule has 134 valence electrons. The zero-order valence-corrected chi connectivity index (χ0v) is 13.9. The molecule has 2 rings (SSSR count). The lowest BCUT2D eigenvalue weighted by molar-refractivity contribution is -0.174. The minimum absolute atomic E-state index is 0.0662. The van der Waals surface area contributed by atoms with Crippen LogP contribution in [0, 0.1) is 12.7 Å². The molecule has 1 N–H and O–H groups in total. The molecule has 0 unspecified atom stereocenters. The lowest BCUT2D eigenvalue weighted by Gasteiger charge is -2.15. The van der Waals surface area contributed by atoms with E-state index in [1.807, 2.05) is 0 Å². The Morgan fingerprint density at radius 1 is 1.28 bits per heavy atom. The molecule has 1 aromatic heterocycles. The number of aryl methyl sites for hydroxylation is 2. The smallest absolute Gasteiger partial charge is 0.383 e. The Balaban J connectivity index is 2.25. The Labute approximate surface area is 142 Å². The van der Waals surface area contributed by atoms with E-state index in [1.54, 1.807) is 0 Å². The third-order valence-corrected chi connectivity index (χ3v) is 3.54. The summed E-state index contributed by atoms with van der Waals surface area (Å²) in [5, 5.41) is 2.49. The molecule has 0 aliphatic carbocycles. The quantitative estimate of drug-likeness (QED) is 0.838. The Morgan fingerprint density at radius 2 is 1.96 bits per heavy atom. The molecule has 0 fully saturated rings. The largest absolute Gasteiger partial charge is 0.461 e. The Kier molecular flexibility index (Phi) is 5.20. The van der Waals surface area contributed by atoms with E-state index in [2.05, 4.69) is 10.1 Å². The Hall–Kier alpha value is -2.77. The predicted molar refractivity (Wildman–Crippen MR) is 85.0 cm³/mol. The van der Waals surface area contributed by atoms with Crippen molar-refractivity contribution in [3.63, 3.8) is 0 Å². The van der Waals surface area contributed by atoms with Gasteiger partial charge in [0.2, 0.25) is 0 Å². The number of hydrogen-bond acceptors (Lipinski definition) is 3. The van der Waals surface area contributed by atoms with Crippen LogP contribution in [0.4, 0.5) is 18.9 Å². The molecule has 1 heterocycles. The van der Waals surface area contributed by atoms with E-state index in [4.69, 9.17) is 0 Å². The molecule has 1 amide bonds. The first-order valence-electron chi connectivity index (χ1n) is 7.46. The summed E-state index contributed by atoms with van der Waals surface area (Å²) in [6, 6.07) is 4.89. The Bertz CT molecular complexity index is 815. The fraction of sp³-hybridized carbons (Fsp3) is 0.294. The van der Waals surface area contributed by atoms with Gasteiger partial charge in [0.25, 0.3) is 5.91 Å². The number of alkyl halides is 2. The molecule has 0 saturated heterocycles. The zero-order valence-electron chi connectivity index (χ0n) is 13.9. The Morgan fingerprint density at radius 3 is 2.56 bits per heavy atom. The van der Waals surface area contributed by atoms with Gasteiger partial charge in [-0.25, -0.2) is 9.18 Å². The van der Waals surface area contributed by atoms with Crippen molar-refractivity contribution in [2.45, 2.75) is 19.8 Å². The van der Waals surface area contributed by atoms with Crippen LogP contribution in [0.3, 0.4) is 0 Å². The molecule has 0 aliphatic heterocycles. The van der Waals surface area contributed by atoms with E-state index < -0.39 is 29.3 Å². The molecule has 8 heteroatoms. The minimum Gasteiger partial charge on any atom is -0.461 e. The van der Waals surface area contributed by atoms with E-state index in [-0.39, 0.29) is 12.2 Å². The summed E-state index contributed by atoms with van der Waals surface area (Å²) < 4.78 is 46.9. The number of anilines is 1. The SMILES string of the molecule is CCOC(=O)C(F)(F)c1cc(C(=O)Nc2ccc(F)c(C)c2)cn1C. The number of carbonyl (C=O) groups is 2. The number of amides is 1. The summed E-state index contributed by atoms with van der Waals surface area (Å²) >= 11 is 0. The van der Waals surface area contributed by atoms with Crippen LogP contribution in [0.15, 0.2) is 30.5 Å². The summed E-state index contributed by atoms with van der Waals surface area (Å²) in [5.41, 5.74) is -0.0679. The van der Waals surface area contributed by atoms with Crippen molar-refractivity contribution >= 4 is 17.6 Å². The lowest BCUT2D eigenvalue weighted by Crippen LogP contribution is -2.30. The van der Waals surface area contributed by atoms with E-state index in [9.17, 15) is 22.8 Å². The maximum absolute atomic E-state index is 14.1. The fourth-order valence-corrected chi connectivity index (χ4v) is 2.25. The van der Waals surface area contributed by atoms with Gasteiger partial charge in [-0.05, 0) is 43.7 Å². The monoisotopic (exact) mass is 354 g/mol. The number of carbonyl (C=O) groups excluding carboxylic acids is 2. The summed E-state index contributed by atoms with van der Waals surface area (Å²) in [4.78, 5) is 23.7. The van der Waals surface area contributed by atoms with Gasteiger partial charge in [0.1, 0.15) is 11.5 Å². The predicted octanol–water partition coefficient (Wildman–Crippen LogP) is 3.38. The average Bonchev–Trinajstić information content (AvgIpc) is 2.94. The second-order valence-electron chi connectivity index (χ2n) is 5.44. The first-order valence-corrected chi connectivity index (χ1v) is 7.46. The van der Waals surface area contributed by atoms with Gasteiger partial charge in [-0.3, -0.25) is 4.79 Å². The van der Waals surface area contributed by atoms with E-state index >= 15 is 0 Å². The zero-order chi connectivity index (χ0) is 18.8. The highest BCUT2D eigenvalue weighted by molar-refractivity contribution is 6.04. The molecule has 2 aromatic rings. The normalized spacial score (nSPS) is 11.3. The van der Waals surface area contributed by atoms with Gasteiger partial charge in [-0.15, -0.1) is 0 Å². The van der Waals surface area contributed by atoms with Crippen molar-refractivity contribution in [1.82, 2.24) is 4.57 Å². The number of nitrogens with one attached hydrogen (secondary N) is 1. The highest BCUT2D eigenvalue weighted by Gasteiger charge is 2.45. The van der Waals surface area contributed by atoms with Crippen molar-refractivity contribution in [2.75, 3.05) is 11.9 Å². The number of rotatable bonds is 5. The van der Waals surface area contributed by atoms with Gasteiger partial charge in [-0.2, -0.15) is 8.78 Å². The molecule has 0 spiro atoms. The minimum atomic E-state index is -3.88. The molecule has 0 radical (unpaired) electrons. The van der Waals surface area contributed by atoms with Crippen LogP contribution >= 0.6 is 0 Å². The second kappa shape index (κ2) is 7.00. The molecular weight excluding hydrogens is 337 g/mol. The van der Waals surface area contributed by atoms with Gasteiger partial charge in [0.05, 0.1) is 12.2 Å². The van der Waals surface area contributed by atoms with E-state index in [0.717, 1.165) is 10.6 Å². The summed E-state index contributed by atoms with van der Waals surface area (Å²) in [6.07, 6.45) is 1.17. The first kappa shape index (κ1) is 18.6. The van der Waals surface area contributed by atoms with Crippen LogP contribution in [-0.4, -0.2) is 23.1 Å². The van der Waals surface area contributed by atoms with Crippen LogP contribution in [0.1, 0.15) is 28.5 Å². The van der Waals surface area contributed by atoms with Crippen molar-refractivity contribution in [1.29, 1.82) is 0 Å². The summed E-state index contributed by atoms with van der Waals surface area (Å²) in [5.74, 6) is -6.64. The van der Waals surface area contributed by atoms with Crippen LogP contribution in [0.25, 0.3) is 0 Å². The lowest BCUT2D eigenvalue weighted by atomic mass is 10.2. The van der Waals surface area contributed by atoms with Crippen molar-refractivity contribution in [3.8, 4) is 0 Å². The maximum Gasteiger partial charge on any atom is 0.383 e. The van der Waals surface area contributed by atoms with Crippen molar-refractivity contribution in [2.24, 2.45) is 7.05 Å². The molecule has 5 nitrogen and oxygen atoms in total. The average molecular weight is 354 g/mol. The standard InChI is InChI=1S/C17H17F3N2O3/c1-4-25-16(24)17(19,20)14-8-11(9-22(14)3)15(23)21-12-5-6-13(18)10(2)7-12/h5-9H,4H2,1-3H3,(H,21,23). The number of hydrogen-bond donors (Lipinski definition) is 1. The van der Waals surface area contributed by atoms with Gasteiger partial charge >= 0.3 is 11.9 Å². The fourth-order valence-electron chi connectivity index (χ4n) is 2.25. The van der Waals surface area contributed by atoms with Crippen LogP contribution in [0.5, 0.6) is 0 Å². The van der Waals surface area contributed by atoms with Gasteiger partial charge in [-0.1, -0.05) is 0 Å². The number of aromatic nitrogens is 1. The third-order valence-electron chi connectivity index (χ3n) is 3.54. The number of benzene rings is 1. The molecule has 25 heavy (non-hydrogen) atoms. The maximum atomic E-state index is 14.1. The topological polar surface area (TPSA) is 60.3 Å². The van der Waals surface area contributed by atoms with Crippen molar-refractivity contribution in [3.05, 3.63) is 53.1 Å². The highest BCUT2D eigenvalue weighted by atomic mass is 19.3. The summed E-state index contributed by atoms with van der Waals surface area (Å²) in [6.45, 7) is 2.77. The molecule has 1 aromatic carbocycles. The van der Waals surface area contributed by atoms with Gasteiger partial charge in [0.15, 0.2) is 0 Å². The first-order chi connectivity index (χ1) is 11.7. The molecular formula is C17H17F3N2O3. The molecule has 0 atom stereocenters. The van der Waals surface area contributed by atoms with Gasteiger partial charge < -0.3 is 14.6 Å². The molecule has 0 aliphatic rings. The number of nitrogens with zero attached hydrogens (tertiary/aromatic N) is 1. The highest BCUT2D eigenvalue weighted by Crippen LogP contribution is 2.31. The van der Waals surface area contributed by atoms with Crippen molar-refractivity contribution < 1.29 is 27.5 Å². The summed E-state index contributed by atoms with van der Waals surface area (Å²) in [7, 11) is 1.29. The molecule has 0 saturated carbocycles. The van der Waals surface area contributed by atoms with Crippen LogP contribution < -0.4 is 5.32 Å². The van der Waals surface area contributed by atoms with E-state index in [1.165, 1.54) is 45.3 Å². The number of esters is 1. The third kappa shape index (κ3) is 3.84. The molecule has 0 bridgehead atoms. The number of halogens is 3. The second-order valence-corrected chi connectivity index (χ2v) is 5.44.